The van der Waals surface area contributed by atoms with Gasteiger partial charge in [0.15, 0.2) is 0 Å². The Kier molecular flexibility index (Phi) is 5.86. The molecule has 0 N–H and O–H groups in total. The van der Waals surface area contributed by atoms with Crippen LogP contribution in [-0.4, -0.2) is 9.38 Å². The van der Waals surface area contributed by atoms with Crippen molar-refractivity contribution in [1.82, 2.24) is 9.38 Å². The average molecular weight is 653 g/mol. The van der Waals surface area contributed by atoms with Crippen LogP contribution in [0.5, 0.6) is 0 Å². The van der Waals surface area contributed by atoms with Gasteiger partial charge in [0.25, 0.3) is 0 Å². The molecule has 0 saturated carbocycles. The van der Waals surface area contributed by atoms with Crippen molar-refractivity contribution in [2.24, 2.45) is 0 Å². The minimum Gasteiger partial charge on any atom is -0.308 e. The third-order valence-corrected chi connectivity index (χ3v) is 11.4. The molecule has 11 rings (SSSR count). The molecule has 3 heteroatoms. The Labute approximate surface area is 292 Å². The maximum absolute atomic E-state index is 5.10. The van der Waals surface area contributed by atoms with Crippen molar-refractivity contribution in [2.75, 3.05) is 0 Å². The molecule has 4 heterocycles. The van der Waals surface area contributed by atoms with Gasteiger partial charge in [-0.2, -0.15) is 0 Å². The number of pyridine rings is 1. The summed E-state index contributed by atoms with van der Waals surface area (Å²) in [5.41, 5.74) is 12.7. The zero-order chi connectivity index (χ0) is 32.8. The van der Waals surface area contributed by atoms with E-state index in [0.29, 0.717) is 0 Å². The van der Waals surface area contributed by atoms with Crippen molar-refractivity contribution >= 4 is 69.6 Å². The highest BCUT2D eigenvalue weighted by atomic mass is 32.1. The summed E-state index contributed by atoms with van der Waals surface area (Å²) in [5, 5.41) is 7.90. The second-order valence-electron chi connectivity index (χ2n) is 13.2. The first-order valence-electron chi connectivity index (χ1n) is 17.0. The van der Waals surface area contributed by atoms with Gasteiger partial charge in [0.05, 0.1) is 27.9 Å². The molecule has 0 unspecified atom stereocenters. The number of benzene rings is 7. The van der Waals surface area contributed by atoms with E-state index in [1.807, 2.05) is 11.3 Å². The average Bonchev–Trinajstić information content (AvgIpc) is 3.84. The molecular weight excluding hydrogens is 625 g/mol. The highest BCUT2D eigenvalue weighted by Crippen LogP contribution is 2.44. The van der Waals surface area contributed by atoms with Crippen molar-refractivity contribution in [3.05, 3.63) is 170 Å². The van der Waals surface area contributed by atoms with Crippen molar-refractivity contribution in [1.29, 1.82) is 0 Å². The van der Waals surface area contributed by atoms with Crippen LogP contribution in [0.2, 0.25) is 0 Å². The van der Waals surface area contributed by atoms with E-state index in [0.717, 1.165) is 28.1 Å². The van der Waals surface area contributed by atoms with Gasteiger partial charge in [-0.15, -0.1) is 11.3 Å². The molecule has 2 nitrogen and oxygen atoms in total. The lowest BCUT2D eigenvalue weighted by Crippen LogP contribution is -1.91. The normalized spacial score (nSPS) is 12.0. The number of rotatable bonds is 4. The molecule has 0 saturated heterocycles. The predicted molar refractivity (Wildman–Crippen MR) is 214 cm³/mol. The Morgan fingerprint density at radius 3 is 1.66 bits per heavy atom. The predicted octanol–water partition coefficient (Wildman–Crippen LogP) is 13.3. The first-order chi connectivity index (χ1) is 24.8. The monoisotopic (exact) mass is 652 g/mol. The fourth-order valence-corrected chi connectivity index (χ4v) is 9.09. The molecule has 0 aliphatic rings. The van der Waals surface area contributed by atoms with E-state index in [2.05, 4.69) is 174 Å². The van der Waals surface area contributed by atoms with Gasteiger partial charge in [-0.05, 0) is 70.8 Å². The van der Waals surface area contributed by atoms with Crippen molar-refractivity contribution < 1.29 is 0 Å². The molecule has 11 aromatic rings. The van der Waals surface area contributed by atoms with Gasteiger partial charge in [0, 0.05) is 52.8 Å². The Balaban J connectivity index is 1.08. The number of fused-ring (bicyclic) bond motifs is 9. The fourth-order valence-electron chi connectivity index (χ4n) is 7.97. The van der Waals surface area contributed by atoms with Crippen LogP contribution in [0.4, 0.5) is 0 Å². The fraction of sp³-hybridized carbons (Fsp3) is 0. The molecule has 0 bridgehead atoms. The molecule has 0 spiro atoms. The Bertz CT molecular complexity index is 3020. The number of aromatic nitrogens is 2. The van der Waals surface area contributed by atoms with Crippen molar-refractivity contribution in [3.8, 4) is 44.8 Å². The maximum Gasteiger partial charge on any atom is 0.0715 e. The van der Waals surface area contributed by atoms with E-state index in [9.17, 15) is 0 Å². The second-order valence-corrected chi connectivity index (χ2v) is 14.3. The minimum absolute atomic E-state index is 0.972. The smallest absolute Gasteiger partial charge is 0.0715 e. The number of nitrogens with zero attached hydrogens (tertiary/aromatic N) is 2. The van der Waals surface area contributed by atoms with Crippen LogP contribution in [-0.2, 0) is 0 Å². The lowest BCUT2D eigenvalue weighted by molar-refractivity contribution is 1.32. The summed E-state index contributed by atoms with van der Waals surface area (Å²) >= 11 is 1.89. The van der Waals surface area contributed by atoms with E-state index in [-0.39, 0.29) is 0 Å². The SMILES string of the molecule is c1ccc(-c2cc(-c3cccc(-c4ccc5c(c4)c4cccc6c7cc8sc9ccccc9c8cc7n5c46)c3)cc(-c3ccccc3)n2)cc1. The largest absolute Gasteiger partial charge is 0.308 e. The minimum atomic E-state index is 0.972. The number of thiophene rings is 1. The van der Waals surface area contributed by atoms with E-state index in [4.69, 9.17) is 4.98 Å². The summed E-state index contributed by atoms with van der Waals surface area (Å²) in [6, 6.07) is 61.7. The van der Waals surface area contributed by atoms with Crippen molar-refractivity contribution in [2.45, 2.75) is 0 Å². The topological polar surface area (TPSA) is 17.3 Å². The number of hydrogen-bond donors (Lipinski definition) is 0. The van der Waals surface area contributed by atoms with Crippen LogP contribution in [0.15, 0.2) is 170 Å². The Morgan fingerprint density at radius 1 is 0.340 bits per heavy atom. The lowest BCUT2D eigenvalue weighted by Gasteiger charge is -2.12. The third kappa shape index (κ3) is 4.11. The van der Waals surface area contributed by atoms with Gasteiger partial charge < -0.3 is 4.40 Å². The molecule has 4 aromatic heterocycles. The third-order valence-electron chi connectivity index (χ3n) is 10.3. The molecule has 50 heavy (non-hydrogen) atoms. The molecule has 0 atom stereocenters. The van der Waals surface area contributed by atoms with Gasteiger partial charge in [-0.25, -0.2) is 4.98 Å². The summed E-state index contributed by atoms with van der Waals surface area (Å²) < 4.78 is 5.18. The van der Waals surface area contributed by atoms with Gasteiger partial charge >= 0.3 is 0 Å². The molecule has 232 valence electrons. The molecule has 7 aromatic carbocycles. The summed E-state index contributed by atoms with van der Waals surface area (Å²) in [4.78, 5) is 5.10. The summed E-state index contributed by atoms with van der Waals surface area (Å²) in [6.45, 7) is 0. The standard InChI is InChI=1S/C47H28N2S/c1-3-11-29(12-4-1)41-25-34(26-42(48-41)30-13-5-2-6-14-30)32-16-9-15-31(23-32)33-21-22-43-38(24-33)36-18-10-19-37-39-28-46-40(27-44(39)49(43)47(36)37)35-17-7-8-20-45(35)50-46/h1-28H. The molecule has 0 radical (unpaired) electrons. The van der Waals surface area contributed by atoms with Crippen molar-refractivity contribution in [3.63, 3.8) is 0 Å². The molecule has 0 fully saturated rings. The van der Waals surface area contributed by atoms with Crippen LogP contribution in [0.3, 0.4) is 0 Å². The highest BCUT2D eigenvalue weighted by Gasteiger charge is 2.19. The van der Waals surface area contributed by atoms with Gasteiger partial charge in [-0.3, -0.25) is 0 Å². The summed E-state index contributed by atoms with van der Waals surface area (Å²) in [5.74, 6) is 0. The molecule has 0 aliphatic heterocycles. The molecule has 0 aliphatic carbocycles. The van der Waals surface area contributed by atoms with Gasteiger partial charge in [0.1, 0.15) is 0 Å². The molecular formula is C47H28N2S. The first-order valence-corrected chi connectivity index (χ1v) is 17.9. The van der Waals surface area contributed by atoms with Crippen LogP contribution in [0, 0.1) is 0 Å². The van der Waals surface area contributed by atoms with E-state index >= 15 is 0 Å². The first kappa shape index (κ1) is 27.6. The summed E-state index contributed by atoms with van der Waals surface area (Å²) in [7, 11) is 0. The van der Waals surface area contributed by atoms with Crippen LogP contribution < -0.4 is 0 Å². The van der Waals surface area contributed by atoms with Crippen LogP contribution in [0.1, 0.15) is 0 Å². The van der Waals surface area contributed by atoms with Gasteiger partial charge in [0.2, 0.25) is 0 Å². The van der Waals surface area contributed by atoms with E-state index < -0.39 is 0 Å². The highest BCUT2D eigenvalue weighted by molar-refractivity contribution is 7.25. The quantitative estimate of drug-likeness (QED) is 0.185. The van der Waals surface area contributed by atoms with E-state index in [1.165, 1.54) is 75.0 Å². The zero-order valence-electron chi connectivity index (χ0n) is 27.0. The summed E-state index contributed by atoms with van der Waals surface area (Å²) in [6.07, 6.45) is 0. The second kappa shape index (κ2) is 10.6. The number of hydrogen-bond acceptors (Lipinski definition) is 2. The van der Waals surface area contributed by atoms with E-state index in [1.54, 1.807) is 0 Å². The lowest BCUT2D eigenvalue weighted by atomic mass is 9.96. The maximum atomic E-state index is 5.10. The Hall–Kier alpha value is -6.29. The molecule has 0 amide bonds. The van der Waals surface area contributed by atoms with Crippen LogP contribution in [0.25, 0.3) is 103 Å². The Morgan fingerprint density at radius 2 is 0.920 bits per heavy atom. The number of para-hydroxylation sites is 1. The van der Waals surface area contributed by atoms with Gasteiger partial charge in [-0.1, -0.05) is 121 Å². The van der Waals surface area contributed by atoms with Crippen LogP contribution >= 0.6 is 11.3 Å². The zero-order valence-corrected chi connectivity index (χ0v) is 27.8.